The van der Waals surface area contributed by atoms with Crippen LogP contribution in [0.15, 0.2) is 60.7 Å². The summed E-state index contributed by atoms with van der Waals surface area (Å²) in [4.78, 5) is 10.2. The minimum atomic E-state index is -0.405. The van der Waals surface area contributed by atoms with Gasteiger partial charge in [0.25, 0.3) is 5.69 Å². The van der Waals surface area contributed by atoms with Gasteiger partial charge in [-0.25, -0.2) is 0 Å². The first-order valence-electron chi connectivity index (χ1n) is 5.84. The fourth-order valence-corrected chi connectivity index (χ4v) is 1.59. The molecule has 0 radical (unpaired) electrons. The third-order valence-corrected chi connectivity index (χ3v) is 2.48. The molecule has 0 aliphatic heterocycles. The Kier molecular flexibility index (Phi) is 4.29. The van der Waals surface area contributed by atoms with Crippen LogP contribution in [-0.4, -0.2) is 11.5 Å². The van der Waals surface area contributed by atoms with Crippen molar-refractivity contribution < 1.29 is 9.66 Å². The number of benzene rings is 2. The molecule has 2 rings (SSSR count). The summed E-state index contributed by atoms with van der Waals surface area (Å²) in [6.07, 6.45) is 3.63. The number of non-ortho nitro benzene ring substituents is 1. The first-order valence-corrected chi connectivity index (χ1v) is 5.84. The molecular formula is C15H13NO3. The molecule has 0 aliphatic rings. The van der Waals surface area contributed by atoms with Crippen molar-refractivity contribution in [1.29, 1.82) is 0 Å². The largest absolute Gasteiger partial charge is 0.490 e. The summed E-state index contributed by atoms with van der Waals surface area (Å²) < 4.78 is 5.48. The third-order valence-electron chi connectivity index (χ3n) is 2.48. The highest BCUT2D eigenvalue weighted by Crippen LogP contribution is 2.14. The number of hydrogen-bond donors (Lipinski definition) is 0. The summed E-state index contributed by atoms with van der Waals surface area (Å²) in [5.74, 6) is 0.797. The number of nitro groups is 1. The Balaban J connectivity index is 1.92. The summed E-state index contributed by atoms with van der Waals surface area (Å²) in [6, 6.07) is 16.0. The van der Waals surface area contributed by atoms with Gasteiger partial charge in [0.2, 0.25) is 0 Å². The van der Waals surface area contributed by atoms with E-state index in [1.54, 1.807) is 12.1 Å². The normalized spacial score (nSPS) is 10.5. The van der Waals surface area contributed by atoms with Crippen molar-refractivity contribution in [2.75, 3.05) is 6.61 Å². The molecule has 0 saturated heterocycles. The van der Waals surface area contributed by atoms with E-state index in [1.807, 2.05) is 42.5 Å². The second kappa shape index (κ2) is 6.35. The molecule has 0 aromatic heterocycles. The van der Waals surface area contributed by atoms with E-state index in [9.17, 15) is 10.1 Å². The van der Waals surface area contributed by atoms with Crippen LogP contribution in [0.5, 0.6) is 5.75 Å². The average Bonchev–Trinajstić information content (AvgIpc) is 2.45. The smallest absolute Gasteiger partial charge is 0.270 e. The summed E-state index contributed by atoms with van der Waals surface area (Å²) in [6.45, 7) is 0.423. The van der Waals surface area contributed by atoms with Gasteiger partial charge in [-0.1, -0.05) is 36.4 Å². The molecule has 19 heavy (non-hydrogen) atoms. The molecule has 0 aliphatic carbocycles. The fourth-order valence-electron chi connectivity index (χ4n) is 1.59. The standard InChI is InChI=1S/C15H13NO3/c17-16(18)14-8-4-6-13(12-14)7-5-11-19-15-9-2-1-3-10-15/h1-10,12H,11H2/b7-5-. The van der Waals surface area contributed by atoms with E-state index in [2.05, 4.69) is 0 Å². The molecule has 0 spiro atoms. The molecule has 0 bridgehead atoms. The van der Waals surface area contributed by atoms with Crippen LogP contribution in [0.1, 0.15) is 5.56 Å². The van der Waals surface area contributed by atoms with Gasteiger partial charge in [0.15, 0.2) is 0 Å². The molecule has 0 saturated carbocycles. The predicted molar refractivity (Wildman–Crippen MR) is 74.1 cm³/mol. The first-order chi connectivity index (χ1) is 9.25. The van der Waals surface area contributed by atoms with Crippen LogP contribution in [0, 0.1) is 10.1 Å². The Morgan fingerprint density at radius 3 is 2.63 bits per heavy atom. The lowest BCUT2D eigenvalue weighted by atomic mass is 10.2. The van der Waals surface area contributed by atoms with E-state index in [0.29, 0.717) is 6.61 Å². The molecule has 0 N–H and O–H groups in total. The van der Waals surface area contributed by atoms with Gasteiger partial charge in [0.1, 0.15) is 12.4 Å². The average molecular weight is 255 g/mol. The Labute approximate surface area is 111 Å². The molecule has 96 valence electrons. The van der Waals surface area contributed by atoms with Crippen molar-refractivity contribution in [2.45, 2.75) is 0 Å². The Morgan fingerprint density at radius 1 is 1.11 bits per heavy atom. The van der Waals surface area contributed by atoms with E-state index in [4.69, 9.17) is 4.74 Å². The van der Waals surface area contributed by atoms with Crippen LogP contribution in [0.2, 0.25) is 0 Å². The van der Waals surface area contributed by atoms with Gasteiger partial charge in [-0.2, -0.15) is 0 Å². The van der Waals surface area contributed by atoms with Crippen LogP contribution in [0.25, 0.3) is 6.08 Å². The van der Waals surface area contributed by atoms with Gasteiger partial charge >= 0.3 is 0 Å². The molecule has 0 heterocycles. The van der Waals surface area contributed by atoms with Crippen molar-refractivity contribution in [3.8, 4) is 5.75 Å². The quantitative estimate of drug-likeness (QED) is 0.604. The molecule has 0 unspecified atom stereocenters. The van der Waals surface area contributed by atoms with Crippen LogP contribution in [-0.2, 0) is 0 Å². The number of nitro benzene ring substituents is 1. The number of rotatable bonds is 5. The monoisotopic (exact) mass is 255 g/mol. The van der Waals surface area contributed by atoms with Crippen molar-refractivity contribution in [1.82, 2.24) is 0 Å². The Bertz CT molecular complexity index is 579. The zero-order valence-electron chi connectivity index (χ0n) is 10.2. The van der Waals surface area contributed by atoms with E-state index < -0.39 is 4.92 Å². The van der Waals surface area contributed by atoms with Gasteiger partial charge in [-0.3, -0.25) is 10.1 Å². The SMILES string of the molecule is O=[N+]([O-])c1cccc(/C=C\COc2ccccc2)c1. The lowest BCUT2D eigenvalue weighted by molar-refractivity contribution is -0.384. The number of nitrogens with zero attached hydrogens (tertiary/aromatic N) is 1. The molecule has 4 heteroatoms. The second-order valence-corrected chi connectivity index (χ2v) is 3.88. The zero-order chi connectivity index (χ0) is 13.5. The predicted octanol–water partition coefficient (Wildman–Crippen LogP) is 3.69. The highest BCUT2D eigenvalue weighted by Gasteiger charge is 2.03. The summed E-state index contributed by atoms with van der Waals surface area (Å²) in [7, 11) is 0. The zero-order valence-corrected chi connectivity index (χ0v) is 10.2. The summed E-state index contributed by atoms with van der Waals surface area (Å²) in [5.41, 5.74) is 0.872. The maximum absolute atomic E-state index is 10.6. The van der Waals surface area contributed by atoms with Crippen LogP contribution in [0.3, 0.4) is 0 Å². The minimum absolute atomic E-state index is 0.0890. The van der Waals surface area contributed by atoms with Gasteiger partial charge in [0.05, 0.1) is 4.92 Å². The maximum Gasteiger partial charge on any atom is 0.270 e. The van der Waals surface area contributed by atoms with Gasteiger partial charge < -0.3 is 4.74 Å². The number of hydrogen-bond acceptors (Lipinski definition) is 3. The number of para-hydroxylation sites is 1. The molecule has 0 atom stereocenters. The number of ether oxygens (including phenoxy) is 1. The highest BCUT2D eigenvalue weighted by atomic mass is 16.6. The van der Waals surface area contributed by atoms with Crippen molar-refractivity contribution in [3.63, 3.8) is 0 Å². The van der Waals surface area contributed by atoms with Crippen molar-refractivity contribution in [3.05, 3.63) is 76.4 Å². The molecule has 0 amide bonds. The lowest BCUT2D eigenvalue weighted by Gasteiger charge is -2.01. The van der Waals surface area contributed by atoms with Gasteiger partial charge in [-0.15, -0.1) is 0 Å². The molecule has 2 aromatic carbocycles. The minimum Gasteiger partial charge on any atom is -0.490 e. The molecule has 2 aromatic rings. The topological polar surface area (TPSA) is 52.4 Å². The molecular weight excluding hydrogens is 242 g/mol. The third kappa shape index (κ3) is 3.96. The van der Waals surface area contributed by atoms with Crippen LogP contribution >= 0.6 is 0 Å². The first kappa shape index (κ1) is 12.8. The van der Waals surface area contributed by atoms with E-state index in [0.717, 1.165) is 11.3 Å². The van der Waals surface area contributed by atoms with E-state index in [-0.39, 0.29) is 5.69 Å². The van der Waals surface area contributed by atoms with E-state index in [1.165, 1.54) is 12.1 Å². The van der Waals surface area contributed by atoms with Gasteiger partial charge in [0, 0.05) is 12.1 Å². The Hall–Kier alpha value is -2.62. The van der Waals surface area contributed by atoms with Crippen molar-refractivity contribution in [2.24, 2.45) is 0 Å². The van der Waals surface area contributed by atoms with Gasteiger partial charge in [-0.05, 0) is 23.8 Å². The second-order valence-electron chi connectivity index (χ2n) is 3.88. The summed E-state index contributed by atoms with van der Waals surface area (Å²) >= 11 is 0. The lowest BCUT2D eigenvalue weighted by Crippen LogP contribution is -1.92. The van der Waals surface area contributed by atoms with E-state index >= 15 is 0 Å². The van der Waals surface area contributed by atoms with Crippen LogP contribution in [0.4, 0.5) is 5.69 Å². The Morgan fingerprint density at radius 2 is 1.89 bits per heavy atom. The summed E-state index contributed by atoms with van der Waals surface area (Å²) in [5, 5.41) is 10.6. The molecule has 4 nitrogen and oxygen atoms in total. The van der Waals surface area contributed by atoms with Crippen LogP contribution < -0.4 is 4.74 Å². The highest BCUT2D eigenvalue weighted by molar-refractivity contribution is 5.53. The maximum atomic E-state index is 10.6. The van der Waals surface area contributed by atoms with Crippen molar-refractivity contribution >= 4 is 11.8 Å². The fraction of sp³-hybridized carbons (Fsp3) is 0.0667. The molecule has 0 fully saturated rings.